The zero-order valence-electron chi connectivity index (χ0n) is 17.8. The molecule has 2 aromatic heterocycles. The van der Waals surface area contributed by atoms with Gasteiger partial charge in [-0.1, -0.05) is 6.92 Å². The SMILES string of the molecule is CC1CC(F)(F)C[C@@H](c2cc(=O)c3c(C(N)=O)nccc3[nH]2)C1CC1CCC(F)(F)CC1. The minimum Gasteiger partial charge on any atom is -0.364 e. The number of aromatic nitrogens is 2. The van der Waals surface area contributed by atoms with Gasteiger partial charge >= 0.3 is 0 Å². The lowest BCUT2D eigenvalue weighted by Crippen LogP contribution is -2.39. The number of alkyl halides is 4. The number of amides is 1. The van der Waals surface area contributed by atoms with E-state index in [2.05, 4.69) is 9.97 Å². The van der Waals surface area contributed by atoms with E-state index >= 15 is 0 Å². The van der Waals surface area contributed by atoms with Gasteiger partial charge in [0.2, 0.25) is 11.8 Å². The van der Waals surface area contributed by atoms with Crippen molar-refractivity contribution in [2.45, 2.75) is 69.6 Å². The molecule has 3 N–H and O–H groups in total. The third-order valence-electron chi connectivity index (χ3n) is 7.22. The van der Waals surface area contributed by atoms with E-state index in [0.717, 1.165) is 0 Å². The zero-order valence-corrected chi connectivity index (χ0v) is 17.8. The maximum atomic E-state index is 14.6. The van der Waals surface area contributed by atoms with E-state index in [1.54, 1.807) is 6.92 Å². The number of nitrogens with two attached hydrogens (primary N) is 1. The Kier molecular flexibility index (Phi) is 5.79. The molecule has 2 unspecified atom stereocenters. The summed E-state index contributed by atoms with van der Waals surface area (Å²) in [4.78, 5) is 31.4. The molecule has 5 nitrogen and oxygen atoms in total. The van der Waals surface area contributed by atoms with Gasteiger partial charge in [-0.15, -0.1) is 0 Å². The Morgan fingerprint density at radius 2 is 1.88 bits per heavy atom. The third-order valence-corrected chi connectivity index (χ3v) is 7.22. The molecule has 0 radical (unpaired) electrons. The Morgan fingerprint density at radius 1 is 1.19 bits per heavy atom. The van der Waals surface area contributed by atoms with Gasteiger partial charge in [0.15, 0.2) is 5.43 Å². The molecule has 2 aliphatic carbocycles. The molecule has 9 heteroatoms. The van der Waals surface area contributed by atoms with Crippen LogP contribution >= 0.6 is 0 Å². The maximum absolute atomic E-state index is 14.6. The van der Waals surface area contributed by atoms with Crippen molar-refractivity contribution in [3.8, 4) is 0 Å². The Labute approximate surface area is 182 Å². The Morgan fingerprint density at radius 3 is 2.53 bits per heavy atom. The number of carbonyl (C=O) groups excluding carboxylic acids is 1. The van der Waals surface area contributed by atoms with Crippen LogP contribution in [0.15, 0.2) is 23.1 Å². The van der Waals surface area contributed by atoms with E-state index < -0.39 is 35.5 Å². The Balaban J connectivity index is 1.70. The lowest BCUT2D eigenvalue weighted by atomic mass is 9.65. The van der Waals surface area contributed by atoms with Gasteiger partial charge in [0.1, 0.15) is 5.69 Å². The molecule has 2 heterocycles. The van der Waals surface area contributed by atoms with Crippen LogP contribution < -0.4 is 11.2 Å². The molecule has 2 aromatic rings. The lowest BCUT2D eigenvalue weighted by Gasteiger charge is -2.43. The average molecular weight is 453 g/mol. The van der Waals surface area contributed by atoms with E-state index in [9.17, 15) is 27.2 Å². The quantitative estimate of drug-likeness (QED) is 0.639. The molecular weight excluding hydrogens is 426 g/mol. The summed E-state index contributed by atoms with van der Waals surface area (Å²) < 4.78 is 56.3. The third kappa shape index (κ3) is 4.52. The second-order valence-electron chi connectivity index (χ2n) is 9.58. The van der Waals surface area contributed by atoms with Crippen molar-refractivity contribution >= 4 is 16.8 Å². The summed E-state index contributed by atoms with van der Waals surface area (Å²) in [5, 5.41) is 0.0328. The van der Waals surface area contributed by atoms with Gasteiger partial charge in [-0.2, -0.15) is 0 Å². The van der Waals surface area contributed by atoms with Crippen molar-refractivity contribution in [1.82, 2.24) is 9.97 Å². The zero-order chi connectivity index (χ0) is 23.3. The number of halogens is 4. The molecule has 0 aliphatic heterocycles. The normalized spacial score (nSPS) is 28.0. The van der Waals surface area contributed by atoms with Crippen LogP contribution in [-0.4, -0.2) is 27.7 Å². The first kappa shape index (κ1) is 22.7. The number of hydrogen-bond acceptors (Lipinski definition) is 3. The van der Waals surface area contributed by atoms with Crippen molar-refractivity contribution in [3.05, 3.63) is 39.9 Å². The fraction of sp³-hybridized carbons (Fsp3) is 0.609. The smallest absolute Gasteiger partial charge is 0.268 e. The second-order valence-corrected chi connectivity index (χ2v) is 9.58. The lowest BCUT2D eigenvalue weighted by molar-refractivity contribution is -0.0845. The number of primary amides is 1. The van der Waals surface area contributed by atoms with Crippen LogP contribution in [-0.2, 0) is 0 Å². The topological polar surface area (TPSA) is 88.8 Å². The van der Waals surface area contributed by atoms with E-state index in [1.807, 2.05) is 0 Å². The van der Waals surface area contributed by atoms with Crippen molar-refractivity contribution in [2.75, 3.05) is 0 Å². The standard InChI is InChI=1S/C23H27F4N3O2/c1-12-10-23(26,27)11-15(14(12)8-13-2-5-22(24,25)6-3-13)17-9-18(31)19-16(30-17)4-7-29-20(19)21(28)32/h4,7,9,12-15H,2-3,5-6,8,10-11H2,1H3,(H2,28,32)(H,30,31)/t12?,14?,15-/m1/s1. The van der Waals surface area contributed by atoms with Crippen molar-refractivity contribution < 1.29 is 22.4 Å². The van der Waals surface area contributed by atoms with Gasteiger partial charge in [0.25, 0.3) is 5.91 Å². The highest BCUT2D eigenvalue weighted by molar-refractivity contribution is 6.03. The highest BCUT2D eigenvalue weighted by atomic mass is 19.3. The highest BCUT2D eigenvalue weighted by Gasteiger charge is 2.47. The predicted molar refractivity (Wildman–Crippen MR) is 112 cm³/mol. The van der Waals surface area contributed by atoms with Gasteiger partial charge in [0, 0.05) is 49.6 Å². The van der Waals surface area contributed by atoms with Crippen LogP contribution in [0.25, 0.3) is 10.9 Å². The molecule has 3 atom stereocenters. The van der Waals surface area contributed by atoms with Gasteiger partial charge < -0.3 is 10.7 Å². The van der Waals surface area contributed by atoms with Crippen LogP contribution in [0.5, 0.6) is 0 Å². The van der Waals surface area contributed by atoms with Crippen LogP contribution in [0.4, 0.5) is 17.6 Å². The Hall–Kier alpha value is -2.45. The number of rotatable bonds is 4. The monoisotopic (exact) mass is 453 g/mol. The molecule has 0 saturated heterocycles. The number of aromatic amines is 1. The molecule has 0 aromatic carbocycles. The first-order valence-electron chi connectivity index (χ1n) is 11.0. The van der Waals surface area contributed by atoms with Crippen molar-refractivity contribution in [3.63, 3.8) is 0 Å². The molecule has 1 amide bonds. The van der Waals surface area contributed by atoms with Crippen LogP contribution in [0.1, 0.15) is 74.0 Å². The Bertz CT molecular complexity index is 1070. The van der Waals surface area contributed by atoms with E-state index in [-0.39, 0.29) is 48.1 Å². The number of nitrogens with one attached hydrogen (secondary N) is 1. The van der Waals surface area contributed by atoms with Crippen molar-refractivity contribution in [1.29, 1.82) is 0 Å². The minimum atomic E-state index is -2.89. The molecule has 32 heavy (non-hydrogen) atoms. The minimum absolute atomic E-state index is 0.0328. The first-order valence-corrected chi connectivity index (χ1v) is 11.0. The van der Waals surface area contributed by atoms with Crippen LogP contribution in [0, 0.1) is 17.8 Å². The van der Waals surface area contributed by atoms with Gasteiger partial charge in [-0.3, -0.25) is 14.6 Å². The van der Waals surface area contributed by atoms with E-state index in [1.165, 1.54) is 18.3 Å². The summed E-state index contributed by atoms with van der Waals surface area (Å²) >= 11 is 0. The fourth-order valence-corrected chi connectivity index (χ4v) is 5.64. The molecular formula is C23H27F4N3O2. The molecule has 174 valence electrons. The van der Waals surface area contributed by atoms with Crippen LogP contribution in [0.3, 0.4) is 0 Å². The maximum Gasteiger partial charge on any atom is 0.268 e. The summed E-state index contributed by atoms with van der Waals surface area (Å²) in [6, 6.07) is 2.77. The average Bonchev–Trinajstić information content (AvgIpc) is 2.70. The predicted octanol–water partition coefficient (Wildman–Crippen LogP) is 5.00. The fourth-order valence-electron chi connectivity index (χ4n) is 5.64. The molecule has 2 aliphatic rings. The van der Waals surface area contributed by atoms with E-state index in [0.29, 0.717) is 30.5 Å². The van der Waals surface area contributed by atoms with Gasteiger partial charge in [-0.25, -0.2) is 17.6 Å². The van der Waals surface area contributed by atoms with E-state index in [4.69, 9.17) is 5.73 Å². The summed E-state index contributed by atoms with van der Waals surface area (Å²) in [6.45, 7) is 1.77. The number of pyridine rings is 2. The van der Waals surface area contributed by atoms with Crippen molar-refractivity contribution in [2.24, 2.45) is 23.5 Å². The summed E-state index contributed by atoms with van der Waals surface area (Å²) in [5.41, 5.74) is 5.34. The number of hydrogen-bond donors (Lipinski definition) is 2. The summed E-state index contributed by atoms with van der Waals surface area (Å²) in [6.07, 6.45) is 1.64. The molecule has 0 spiro atoms. The molecule has 2 saturated carbocycles. The molecule has 2 fully saturated rings. The number of carbonyl (C=O) groups is 1. The van der Waals surface area contributed by atoms with Gasteiger partial charge in [-0.05, 0) is 43.1 Å². The van der Waals surface area contributed by atoms with Gasteiger partial charge in [0.05, 0.1) is 10.9 Å². The number of fused-ring (bicyclic) bond motifs is 1. The first-order chi connectivity index (χ1) is 15.0. The molecule has 4 rings (SSSR count). The van der Waals surface area contributed by atoms with Crippen LogP contribution in [0.2, 0.25) is 0 Å². The molecule has 0 bridgehead atoms. The summed E-state index contributed by atoms with van der Waals surface area (Å²) in [5.74, 6) is -7.45. The number of H-pyrrole nitrogens is 1. The second kappa shape index (κ2) is 8.15. The highest BCUT2D eigenvalue weighted by Crippen LogP contribution is 2.51. The largest absolute Gasteiger partial charge is 0.364 e. The summed E-state index contributed by atoms with van der Waals surface area (Å²) in [7, 11) is 0. The number of nitrogens with zero attached hydrogens (tertiary/aromatic N) is 1.